The predicted octanol–water partition coefficient (Wildman–Crippen LogP) is 2.51. The van der Waals surface area contributed by atoms with Gasteiger partial charge in [0.25, 0.3) is 0 Å². The number of methoxy groups -OCH3 is 1. The number of thiophene rings is 1. The first kappa shape index (κ1) is 14.5. The van der Waals surface area contributed by atoms with Crippen LogP contribution >= 0.6 is 11.3 Å². The zero-order valence-corrected chi connectivity index (χ0v) is 13.5. The van der Waals surface area contributed by atoms with Gasteiger partial charge in [-0.15, -0.1) is 11.3 Å². The van der Waals surface area contributed by atoms with Crippen LogP contribution in [0.1, 0.15) is 25.1 Å². The van der Waals surface area contributed by atoms with E-state index in [2.05, 4.69) is 47.5 Å². The van der Waals surface area contributed by atoms with Gasteiger partial charge in [-0.1, -0.05) is 13.8 Å². The summed E-state index contributed by atoms with van der Waals surface area (Å²) in [5.41, 5.74) is 2.62. The lowest BCUT2D eigenvalue weighted by atomic mass is 9.64. The average molecular weight is 307 g/mol. The highest BCUT2D eigenvalue weighted by atomic mass is 32.1. The minimum atomic E-state index is 0.0768. The SMILES string of the molecule is COC1CC(Nc2nc(NN)nc3sc(C)cc23)C1(C)C. The second kappa shape index (κ2) is 5.08. The first-order valence-corrected chi connectivity index (χ1v) is 7.81. The smallest absolute Gasteiger partial charge is 0.240 e. The van der Waals surface area contributed by atoms with Gasteiger partial charge in [0.2, 0.25) is 5.95 Å². The van der Waals surface area contributed by atoms with Crippen molar-refractivity contribution < 1.29 is 4.74 Å². The van der Waals surface area contributed by atoms with Crippen molar-refractivity contribution in [1.29, 1.82) is 0 Å². The van der Waals surface area contributed by atoms with Gasteiger partial charge in [-0.2, -0.15) is 4.98 Å². The maximum absolute atomic E-state index is 5.50. The topological polar surface area (TPSA) is 85.1 Å². The number of fused-ring (bicyclic) bond motifs is 1. The third kappa shape index (κ3) is 2.35. The molecule has 114 valence electrons. The van der Waals surface area contributed by atoms with Crippen molar-refractivity contribution in [2.75, 3.05) is 17.9 Å². The molecule has 0 bridgehead atoms. The van der Waals surface area contributed by atoms with Gasteiger partial charge >= 0.3 is 0 Å². The molecule has 1 saturated carbocycles. The molecular formula is C14H21N5OS. The zero-order valence-electron chi connectivity index (χ0n) is 12.7. The fraction of sp³-hybridized carbons (Fsp3) is 0.571. The standard InChI is InChI=1S/C14H21N5OS/c1-7-5-8-11(17-13(19-15)18-12(8)21-7)16-9-6-10(20-4)14(9,2)3/h5,9-10H,6,15H2,1-4H3,(H2,16,17,18,19). The summed E-state index contributed by atoms with van der Waals surface area (Å²) < 4.78 is 5.50. The van der Waals surface area contributed by atoms with Crippen LogP contribution in [0.4, 0.5) is 11.8 Å². The fourth-order valence-electron chi connectivity index (χ4n) is 2.91. The van der Waals surface area contributed by atoms with Gasteiger partial charge in [0.15, 0.2) is 0 Å². The molecule has 0 aliphatic heterocycles. The van der Waals surface area contributed by atoms with Crippen LogP contribution in [0.15, 0.2) is 6.07 Å². The lowest BCUT2D eigenvalue weighted by molar-refractivity contribution is -0.0795. The number of anilines is 2. The summed E-state index contributed by atoms with van der Waals surface area (Å²) >= 11 is 1.64. The molecule has 0 aromatic carbocycles. The molecule has 0 amide bonds. The molecule has 1 aliphatic carbocycles. The van der Waals surface area contributed by atoms with Crippen molar-refractivity contribution in [2.24, 2.45) is 11.3 Å². The van der Waals surface area contributed by atoms with Gasteiger partial charge in [-0.25, -0.2) is 10.8 Å². The quantitative estimate of drug-likeness (QED) is 0.594. The van der Waals surface area contributed by atoms with E-state index in [0.717, 1.165) is 22.5 Å². The number of aryl methyl sites for hydroxylation is 1. The number of nitrogens with two attached hydrogens (primary N) is 1. The van der Waals surface area contributed by atoms with Crippen molar-refractivity contribution >= 4 is 33.3 Å². The number of hydrogen-bond donors (Lipinski definition) is 3. The van der Waals surface area contributed by atoms with Crippen LogP contribution in [-0.2, 0) is 4.74 Å². The number of ether oxygens (including phenoxy) is 1. The molecule has 2 unspecified atom stereocenters. The van der Waals surface area contributed by atoms with E-state index in [1.807, 2.05) is 0 Å². The number of rotatable bonds is 4. The van der Waals surface area contributed by atoms with E-state index in [4.69, 9.17) is 10.6 Å². The van der Waals surface area contributed by atoms with E-state index in [0.29, 0.717) is 12.0 Å². The Hall–Kier alpha value is -1.44. The molecule has 4 N–H and O–H groups in total. The number of nitrogens with zero attached hydrogens (tertiary/aromatic N) is 2. The summed E-state index contributed by atoms with van der Waals surface area (Å²) in [7, 11) is 1.77. The summed E-state index contributed by atoms with van der Waals surface area (Å²) in [5.74, 6) is 6.75. The Kier molecular flexibility index (Phi) is 3.51. The highest BCUT2D eigenvalue weighted by Crippen LogP contribution is 2.44. The van der Waals surface area contributed by atoms with E-state index in [-0.39, 0.29) is 11.5 Å². The number of aromatic nitrogens is 2. The van der Waals surface area contributed by atoms with Gasteiger partial charge < -0.3 is 10.1 Å². The largest absolute Gasteiger partial charge is 0.381 e. The zero-order chi connectivity index (χ0) is 15.2. The second-order valence-corrected chi connectivity index (χ2v) is 7.33. The molecule has 1 fully saturated rings. The molecule has 1 aliphatic rings. The lowest BCUT2D eigenvalue weighted by Gasteiger charge is -2.51. The lowest BCUT2D eigenvalue weighted by Crippen LogP contribution is -2.57. The molecule has 6 nitrogen and oxygen atoms in total. The molecule has 3 rings (SSSR count). The van der Waals surface area contributed by atoms with Crippen molar-refractivity contribution in [3.05, 3.63) is 10.9 Å². The summed E-state index contributed by atoms with van der Waals surface area (Å²) in [5, 5.41) is 4.59. The van der Waals surface area contributed by atoms with Gasteiger partial charge in [-0.3, -0.25) is 5.43 Å². The van der Waals surface area contributed by atoms with E-state index in [1.165, 1.54) is 4.88 Å². The third-order valence-corrected chi connectivity index (χ3v) is 5.36. The van der Waals surface area contributed by atoms with Gasteiger partial charge in [-0.05, 0) is 19.4 Å². The average Bonchev–Trinajstić information content (AvgIpc) is 2.82. The first-order chi connectivity index (χ1) is 9.95. The van der Waals surface area contributed by atoms with E-state index < -0.39 is 0 Å². The molecule has 2 aromatic heterocycles. The van der Waals surface area contributed by atoms with Gasteiger partial charge in [0, 0.05) is 23.4 Å². The Labute approximate surface area is 128 Å². The summed E-state index contributed by atoms with van der Waals surface area (Å²) in [6.07, 6.45) is 1.26. The highest BCUT2D eigenvalue weighted by Gasteiger charge is 2.48. The predicted molar refractivity (Wildman–Crippen MR) is 86.6 cm³/mol. The van der Waals surface area contributed by atoms with Crippen molar-refractivity contribution in [1.82, 2.24) is 9.97 Å². The second-order valence-electron chi connectivity index (χ2n) is 6.09. The molecule has 21 heavy (non-hydrogen) atoms. The van der Waals surface area contributed by atoms with Crippen LogP contribution in [0, 0.1) is 12.3 Å². The maximum atomic E-state index is 5.50. The number of nitrogen functional groups attached to an aromatic ring is 1. The maximum Gasteiger partial charge on any atom is 0.240 e. The molecule has 0 spiro atoms. The molecule has 0 saturated heterocycles. The Morgan fingerprint density at radius 1 is 1.43 bits per heavy atom. The molecule has 2 heterocycles. The van der Waals surface area contributed by atoms with Crippen LogP contribution in [0.5, 0.6) is 0 Å². The monoisotopic (exact) mass is 307 g/mol. The van der Waals surface area contributed by atoms with Crippen LogP contribution in [-0.4, -0.2) is 29.2 Å². The fourth-order valence-corrected chi connectivity index (χ4v) is 3.79. The highest BCUT2D eigenvalue weighted by molar-refractivity contribution is 7.18. The Morgan fingerprint density at radius 2 is 2.19 bits per heavy atom. The molecule has 7 heteroatoms. The van der Waals surface area contributed by atoms with Crippen LogP contribution < -0.4 is 16.6 Å². The normalized spacial score (nSPS) is 23.9. The third-order valence-electron chi connectivity index (χ3n) is 4.42. The van der Waals surface area contributed by atoms with Crippen LogP contribution in [0.25, 0.3) is 10.2 Å². The van der Waals surface area contributed by atoms with Gasteiger partial charge in [0.1, 0.15) is 10.6 Å². The summed E-state index contributed by atoms with van der Waals surface area (Å²) in [4.78, 5) is 11.0. The summed E-state index contributed by atoms with van der Waals surface area (Å²) in [6, 6.07) is 2.44. The van der Waals surface area contributed by atoms with Crippen molar-refractivity contribution in [2.45, 2.75) is 39.3 Å². The Morgan fingerprint density at radius 3 is 2.81 bits per heavy atom. The number of hydrogen-bond acceptors (Lipinski definition) is 7. The number of nitrogens with one attached hydrogen (secondary N) is 2. The number of hydrazine groups is 1. The summed E-state index contributed by atoms with van der Waals surface area (Å²) in [6.45, 7) is 6.49. The van der Waals surface area contributed by atoms with Gasteiger partial charge in [0.05, 0.1) is 11.5 Å². The van der Waals surface area contributed by atoms with E-state index >= 15 is 0 Å². The van der Waals surface area contributed by atoms with E-state index in [9.17, 15) is 0 Å². The van der Waals surface area contributed by atoms with E-state index in [1.54, 1.807) is 18.4 Å². The first-order valence-electron chi connectivity index (χ1n) is 7.00. The molecule has 2 atom stereocenters. The minimum absolute atomic E-state index is 0.0768. The molecule has 2 aromatic rings. The van der Waals surface area contributed by atoms with Crippen molar-refractivity contribution in [3.63, 3.8) is 0 Å². The molecular weight excluding hydrogens is 286 g/mol. The van der Waals surface area contributed by atoms with Crippen LogP contribution in [0.3, 0.4) is 0 Å². The Balaban J connectivity index is 1.93. The molecule has 0 radical (unpaired) electrons. The minimum Gasteiger partial charge on any atom is -0.381 e. The van der Waals surface area contributed by atoms with Crippen LogP contribution in [0.2, 0.25) is 0 Å². The van der Waals surface area contributed by atoms with Crippen molar-refractivity contribution in [3.8, 4) is 0 Å². The Bertz CT molecular complexity index is 669.